The van der Waals surface area contributed by atoms with E-state index in [1.807, 2.05) is 41.9 Å². The zero-order chi connectivity index (χ0) is 15.5. The first-order valence-electron chi connectivity index (χ1n) is 6.60. The minimum absolute atomic E-state index is 0.207. The molecule has 3 rings (SSSR count). The number of halogens is 1. The molecular formula is C16H12ClN5. The molecule has 0 atom stereocenters. The van der Waals surface area contributed by atoms with Crippen LogP contribution in [-0.4, -0.2) is 15.3 Å². The Kier molecular flexibility index (Phi) is 3.77. The highest BCUT2D eigenvalue weighted by molar-refractivity contribution is 6.30. The Morgan fingerprint density at radius 3 is 2.82 bits per heavy atom. The summed E-state index contributed by atoms with van der Waals surface area (Å²) in [5.74, 6) is 0.512. The number of rotatable bonds is 3. The number of nitrogens with one attached hydrogen (secondary N) is 1. The van der Waals surface area contributed by atoms with E-state index in [2.05, 4.69) is 21.6 Å². The SMILES string of the molecule is Cn1c(/C(C#N)=N/Nc2cccc(Cl)c2)nc2ccccc21. The molecule has 0 aliphatic heterocycles. The molecule has 0 saturated carbocycles. The average Bonchev–Trinajstić information content (AvgIpc) is 2.86. The summed E-state index contributed by atoms with van der Waals surface area (Å²) < 4.78 is 1.84. The second-order valence-corrected chi connectivity index (χ2v) is 5.11. The van der Waals surface area contributed by atoms with Crippen molar-refractivity contribution in [3.8, 4) is 6.07 Å². The van der Waals surface area contributed by atoms with Crippen molar-refractivity contribution in [3.63, 3.8) is 0 Å². The topological polar surface area (TPSA) is 66.0 Å². The van der Waals surface area contributed by atoms with E-state index in [0.717, 1.165) is 11.0 Å². The van der Waals surface area contributed by atoms with Gasteiger partial charge in [-0.2, -0.15) is 10.4 Å². The number of fused-ring (bicyclic) bond motifs is 1. The molecule has 3 aromatic rings. The van der Waals surface area contributed by atoms with Gasteiger partial charge >= 0.3 is 0 Å². The van der Waals surface area contributed by atoms with Gasteiger partial charge in [-0.3, -0.25) is 5.43 Å². The van der Waals surface area contributed by atoms with Gasteiger partial charge in [-0.25, -0.2) is 4.98 Å². The lowest BCUT2D eigenvalue weighted by molar-refractivity contribution is 0.929. The van der Waals surface area contributed by atoms with Crippen LogP contribution in [0.15, 0.2) is 53.6 Å². The summed E-state index contributed by atoms with van der Waals surface area (Å²) in [5, 5.41) is 14.1. The van der Waals surface area contributed by atoms with Crippen molar-refractivity contribution in [1.82, 2.24) is 9.55 Å². The molecule has 0 unspecified atom stereocenters. The highest BCUT2D eigenvalue weighted by Crippen LogP contribution is 2.17. The van der Waals surface area contributed by atoms with Gasteiger partial charge in [0.1, 0.15) is 6.07 Å². The maximum Gasteiger partial charge on any atom is 0.203 e. The first-order chi connectivity index (χ1) is 10.7. The third-order valence-electron chi connectivity index (χ3n) is 3.23. The van der Waals surface area contributed by atoms with Gasteiger partial charge in [0.05, 0.1) is 16.7 Å². The monoisotopic (exact) mass is 309 g/mol. The second kappa shape index (κ2) is 5.88. The van der Waals surface area contributed by atoms with Crippen LogP contribution >= 0.6 is 11.6 Å². The number of benzene rings is 2. The largest absolute Gasteiger partial charge is 0.325 e. The maximum absolute atomic E-state index is 9.36. The van der Waals surface area contributed by atoms with Gasteiger partial charge in [-0.1, -0.05) is 29.8 Å². The molecule has 6 heteroatoms. The van der Waals surface area contributed by atoms with Crippen LogP contribution in [0, 0.1) is 11.3 Å². The molecule has 1 aromatic heterocycles. The Bertz CT molecular complexity index is 904. The molecule has 0 saturated heterocycles. The standard InChI is InChI=1S/C16H12ClN5/c1-22-15-8-3-2-7-13(15)19-16(22)14(10-18)21-20-12-6-4-5-11(17)9-12/h2-9,20H,1H3/b21-14+. The number of imidazole rings is 1. The minimum Gasteiger partial charge on any atom is -0.325 e. The molecule has 0 aliphatic rings. The zero-order valence-corrected chi connectivity index (χ0v) is 12.5. The first-order valence-corrected chi connectivity index (χ1v) is 6.98. The average molecular weight is 310 g/mol. The van der Waals surface area contributed by atoms with E-state index in [1.54, 1.807) is 18.2 Å². The smallest absolute Gasteiger partial charge is 0.203 e. The molecule has 1 N–H and O–H groups in total. The number of hydrazone groups is 1. The lowest BCUT2D eigenvalue weighted by Gasteiger charge is -2.03. The van der Waals surface area contributed by atoms with Crippen molar-refractivity contribution in [3.05, 3.63) is 59.4 Å². The highest BCUT2D eigenvalue weighted by atomic mass is 35.5. The van der Waals surface area contributed by atoms with E-state index in [9.17, 15) is 5.26 Å². The van der Waals surface area contributed by atoms with Gasteiger partial charge in [0, 0.05) is 12.1 Å². The van der Waals surface area contributed by atoms with Gasteiger partial charge in [0.15, 0.2) is 5.82 Å². The number of nitrogens with zero attached hydrogens (tertiary/aromatic N) is 4. The van der Waals surface area contributed by atoms with E-state index >= 15 is 0 Å². The molecular weight excluding hydrogens is 298 g/mol. The lowest BCUT2D eigenvalue weighted by Crippen LogP contribution is -2.08. The zero-order valence-electron chi connectivity index (χ0n) is 11.8. The molecule has 22 heavy (non-hydrogen) atoms. The van der Waals surface area contributed by atoms with Crippen LogP contribution in [0.2, 0.25) is 5.02 Å². The second-order valence-electron chi connectivity index (χ2n) is 4.68. The van der Waals surface area contributed by atoms with Crippen LogP contribution < -0.4 is 5.43 Å². The molecule has 0 aliphatic carbocycles. The molecule has 0 spiro atoms. The number of nitriles is 1. The Balaban J connectivity index is 1.98. The van der Waals surface area contributed by atoms with Crippen LogP contribution in [0.4, 0.5) is 5.69 Å². The maximum atomic E-state index is 9.36. The predicted octanol–water partition coefficient (Wildman–Crippen LogP) is 3.57. The number of aryl methyl sites for hydroxylation is 1. The summed E-state index contributed by atoms with van der Waals surface area (Å²) in [7, 11) is 1.86. The van der Waals surface area contributed by atoms with Gasteiger partial charge in [-0.05, 0) is 30.3 Å². The van der Waals surface area contributed by atoms with Crippen LogP contribution in [0.25, 0.3) is 11.0 Å². The van der Waals surface area contributed by atoms with Crippen LogP contribution in [0.1, 0.15) is 5.82 Å². The third kappa shape index (κ3) is 2.65. The van der Waals surface area contributed by atoms with Crippen molar-refractivity contribution < 1.29 is 0 Å². The molecule has 5 nitrogen and oxygen atoms in total. The highest BCUT2D eigenvalue weighted by Gasteiger charge is 2.13. The Morgan fingerprint density at radius 1 is 1.27 bits per heavy atom. The van der Waals surface area contributed by atoms with E-state index in [1.165, 1.54) is 0 Å². The Labute approximate surface area is 132 Å². The molecule has 0 bridgehead atoms. The Morgan fingerprint density at radius 2 is 2.09 bits per heavy atom. The lowest BCUT2D eigenvalue weighted by atomic mass is 10.3. The van der Waals surface area contributed by atoms with Gasteiger partial charge in [0.25, 0.3) is 0 Å². The fourth-order valence-corrected chi connectivity index (χ4v) is 2.35. The molecule has 108 valence electrons. The molecule has 0 radical (unpaired) electrons. The minimum atomic E-state index is 0.207. The normalized spacial score (nSPS) is 11.4. The third-order valence-corrected chi connectivity index (χ3v) is 3.46. The van der Waals surface area contributed by atoms with Gasteiger partial charge < -0.3 is 4.57 Å². The van der Waals surface area contributed by atoms with E-state index < -0.39 is 0 Å². The number of para-hydroxylation sites is 2. The van der Waals surface area contributed by atoms with Crippen LogP contribution in [0.5, 0.6) is 0 Å². The number of aromatic nitrogens is 2. The van der Waals surface area contributed by atoms with Crippen molar-refractivity contribution in [1.29, 1.82) is 5.26 Å². The summed E-state index contributed by atoms with van der Waals surface area (Å²) in [4.78, 5) is 4.46. The van der Waals surface area contributed by atoms with E-state index in [-0.39, 0.29) is 5.71 Å². The van der Waals surface area contributed by atoms with Gasteiger partial charge in [-0.15, -0.1) is 0 Å². The van der Waals surface area contributed by atoms with Gasteiger partial charge in [0.2, 0.25) is 5.71 Å². The predicted molar refractivity (Wildman–Crippen MR) is 87.9 cm³/mol. The van der Waals surface area contributed by atoms with E-state index in [4.69, 9.17) is 11.6 Å². The number of hydrogen-bond donors (Lipinski definition) is 1. The van der Waals surface area contributed by atoms with Crippen molar-refractivity contribution in [2.75, 3.05) is 5.43 Å². The fraction of sp³-hybridized carbons (Fsp3) is 0.0625. The van der Waals surface area contributed by atoms with Crippen molar-refractivity contribution >= 4 is 34.0 Å². The molecule has 0 fully saturated rings. The Hall–Kier alpha value is -2.84. The summed E-state index contributed by atoms with van der Waals surface area (Å²) >= 11 is 5.92. The number of hydrogen-bond acceptors (Lipinski definition) is 4. The molecule has 2 aromatic carbocycles. The van der Waals surface area contributed by atoms with E-state index in [0.29, 0.717) is 16.5 Å². The summed E-state index contributed by atoms with van der Waals surface area (Å²) in [6.07, 6.45) is 0. The van der Waals surface area contributed by atoms with Crippen LogP contribution in [0.3, 0.4) is 0 Å². The fourth-order valence-electron chi connectivity index (χ4n) is 2.16. The molecule has 0 amide bonds. The van der Waals surface area contributed by atoms with Crippen LogP contribution in [-0.2, 0) is 7.05 Å². The summed E-state index contributed by atoms with van der Waals surface area (Å²) in [6.45, 7) is 0. The quantitative estimate of drug-likeness (QED) is 0.594. The first kappa shape index (κ1) is 14.1. The molecule has 1 heterocycles. The number of anilines is 1. The van der Waals surface area contributed by atoms with Crippen molar-refractivity contribution in [2.45, 2.75) is 0 Å². The van der Waals surface area contributed by atoms with Crippen molar-refractivity contribution in [2.24, 2.45) is 12.1 Å². The summed E-state index contributed by atoms with van der Waals surface area (Å²) in [5.41, 5.74) is 5.52. The summed E-state index contributed by atoms with van der Waals surface area (Å²) in [6, 6.07) is 16.9.